The normalized spacial score (nSPS) is 19.8. The van der Waals surface area contributed by atoms with E-state index in [4.69, 9.17) is 5.73 Å². The van der Waals surface area contributed by atoms with E-state index in [2.05, 4.69) is 5.32 Å². The summed E-state index contributed by atoms with van der Waals surface area (Å²) >= 11 is 0. The molecule has 1 aromatic rings. The molecule has 0 saturated heterocycles. The molecule has 0 aromatic heterocycles. The van der Waals surface area contributed by atoms with Gasteiger partial charge in [-0.25, -0.2) is 0 Å². The maximum atomic E-state index is 12.3. The molecule has 1 aliphatic rings. The number of amides is 2. The van der Waals surface area contributed by atoms with Gasteiger partial charge < -0.3 is 16.0 Å². The van der Waals surface area contributed by atoms with Crippen LogP contribution in [0.5, 0.6) is 0 Å². The number of nitrogens with one attached hydrogen (secondary N) is 1. The Bertz CT molecular complexity index is 591. The minimum atomic E-state index is -0.723. The fourth-order valence-electron chi connectivity index (χ4n) is 2.00. The van der Waals surface area contributed by atoms with E-state index in [1.165, 1.54) is 4.90 Å². The summed E-state index contributed by atoms with van der Waals surface area (Å²) in [6, 6.07) is 8.31. The Morgan fingerprint density at radius 2 is 2.00 bits per heavy atom. The fourth-order valence-corrected chi connectivity index (χ4v) is 2.00. The number of carbonyl (C=O) groups excluding carboxylic acids is 2. The van der Waals surface area contributed by atoms with Crippen molar-refractivity contribution in [1.29, 1.82) is 0 Å². The Hall–Kier alpha value is -2.40. The Labute approximate surface area is 124 Å². The van der Waals surface area contributed by atoms with E-state index < -0.39 is 12.1 Å². The van der Waals surface area contributed by atoms with Gasteiger partial charge in [-0.1, -0.05) is 30.3 Å². The van der Waals surface area contributed by atoms with Gasteiger partial charge in [-0.2, -0.15) is 0 Å². The minimum Gasteiger partial charge on any atom is -0.340 e. The van der Waals surface area contributed by atoms with Gasteiger partial charge in [-0.05, 0) is 30.2 Å². The van der Waals surface area contributed by atoms with Gasteiger partial charge in [0.25, 0.3) is 5.91 Å². The molecule has 2 amide bonds. The highest BCUT2D eigenvalue weighted by molar-refractivity contribution is 5.94. The van der Waals surface area contributed by atoms with Crippen molar-refractivity contribution in [3.8, 4) is 0 Å². The van der Waals surface area contributed by atoms with E-state index in [0.29, 0.717) is 0 Å². The molecule has 5 heteroatoms. The molecule has 0 aliphatic carbocycles. The van der Waals surface area contributed by atoms with Gasteiger partial charge in [0.2, 0.25) is 5.91 Å². The highest BCUT2D eigenvalue weighted by Crippen LogP contribution is 2.19. The first kappa shape index (κ1) is 15.0. The smallest absolute Gasteiger partial charge is 0.252 e. The van der Waals surface area contributed by atoms with Crippen LogP contribution in [0.4, 0.5) is 0 Å². The number of nitrogens with zero attached hydrogens (tertiary/aromatic N) is 1. The highest BCUT2D eigenvalue weighted by atomic mass is 16.2. The molecular weight excluding hydrogens is 266 g/mol. The van der Waals surface area contributed by atoms with Gasteiger partial charge >= 0.3 is 0 Å². The number of rotatable bonds is 3. The van der Waals surface area contributed by atoms with E-state index >= 15 is 0 Å². The number of allylic oxidation sites excluding steroid dienone is 2. The maximum Gasteiger partial charge on any atom is 0.252 e. The Balaban J connectivity index is 2.33. The van der Waals surface area contributed by atoms with Crippen molar-refractivity contribution < 1.29 is 9.59 Å². The number of hydrogen-bond donors (Lipinski definition) is 2. The van der Waals surface area contributed by atoms with Gasteiger partial charge in [0.1, 0.15) is 6.04 Å². The SMILES string of the molecule is C[C@H](N)C(=O)NC1C=C(c2ccccc2)C=CN(C)C1=O. The Morgan fingerprint density at radius 3 is 2.62 bits per heavy atom. The number of nitrogens with two attached hydrogens (primary N) is 1. The summed E-state index contributed by atoms with van der Waals surface area (Å²) < 4.78 is 0. The molecule has 1 unspecified atom stereocenters. The monoisotopic (exact) mass is 285 g/mol. The molecule has 2 rings (SSSR count). The summed E-state index contributed by atoms with van der Waals surface area (Å²) in [4.78, 5) is 25.5. The van der Waals surface area contributed by atoms with E-state index in [1.54, 1.807) is 26.2 Å². The molecule has 110 valence electrons. The second-order valence-electron chi connectivity index (χ2n) is 5.03. The first-order valence-corrected chi connectivity index (χ1v) is 6.77. The second-order valence-corrected chi connectivity index (χ2v) is 5.03. The van der Waals surface area contributed by atoms with Crippen LogP contribution in [0.1, 0.15) is 12.5 Å². The molecule has 2 atom stereocenters. The minimum absolute atomic E-state index is 0.203. The molecule has 3 N–H and O–H groups in total. The molecule has 0 bridgehead atoms. The molecular formula is C16H19N3O2. The molecule has 0 fully saturated rings. The largest absolute Gasteiger partial charge is 0.340 e. The van der Waals surface area contributed by atoms with Crippen LogP contribution in [0.15, 0.2) is 48.7 Å². The molecule has 0 saturated carbocycles. The van der Waals surface area contributed by atoms with Crippen LogP contribution < -0.4 is 11.1 Å². The summed E-state index contributed by atoms with van der Waals surface area (Å²) in [5, 5.41) is 2.67. The molecule has 21 heavy (non-hydrogen) atoms. The number of likely N-dealkylation sites (N-methyl/N-ethyl adjacent to an activating group) is 1. The highest BCUT2D eigenvalue weighted by Gasteiger charge is 2.24. The van der Waals surface area contributed by atoms with E-state index in [9.17, 15) is 9.59 Å². The van der Waals surface area contributed by atoms with Crippen LogP contribution in [-0.2, 0) is 9.59 Å². The Kier molecular flexibility index (Phi) is 4.55. The van der Waals surface area contributed by atoms with Crippen LogP contribution in [0.2, 0.25) is 0 Å². The van der Waals surface area contributed by atoms with E-state index in [-0.39, 0.29) is 11.8 Å². The quantitative estimate of drug-likeness (QED) is 0.866. The molecule has 5 nitrogen and oxygen atoms in total. The van der Waals surface area contributed by atoms with Gasteiger partial charge in [0.05, 0.1) is 6.04 Å². The standard InChI is InChI=1S/C16H19N3O2/c1-11(17)15(20)18-14-10-13(8-9-19(2)16(14)21)12-6-4-3-5-7-12/h3-11,14H,17H2,1-2H3,(H,18,20)/t11-,14?/m0/s1. The molecule has 0 spiro atoms. The summed E-state index contributed by atoms with van der Waals surface area (Å²) in [7, 11) is 1.66. The fraction of sp³-hybridized carbons (Fsp3) is 0.250. The Morgan fingerprint density at radius 1 is 1.33 bits per heavy atom. The molecule has 1 heterocycles. The van der Waals surface area contributed by atoms with Crippen molar-refractivity contribution in [2.24, 2.45) is 5.73 Å². The average Bonchev–Trinajstić information content (AvgIpc) is 2.62. The summed E-state index contributed by atoms with van der Waals surface area (Å²) in [6.45, 7) is 1.58. The third kappa shape index (κ3) is 3.58. The zero-order valence-electron chi connectivity index (χ0n) is 12.1. The lowest BCUT2D eigenvalue weighted by atomic mass is 10.0. The van der Waals surface area contributed by atoms with Gasteiger partial charge in [0, 0.05) is 13.2 Å². The van der Waals surface area contributed by atoms with Crippen molar-refractivity contribution in [2.45, 2.75) is 19.0 Å². The van der Waals surface area contributed by atoms with Crippen molar-refractivity contribution in [1.82, 2.24) is 10.2 Å². The summed E-state index contributed by atoms with van der Waals surface area (Å²) in [5.41, 5.74) is 7.41. The molecule has 0 radical (unpaired) electrons. The zero-order chi connectivity index (χ0) is 15.4. The predicted molar refractivity (Wildman–Crippen MR) is 81.9 cm³/mol. The predicted octanol–water partition coefficient (Wildman–Crippen LogP) is 0.888. The average molecular weight is 285 g/mol. The lowest BCUT2D eigenvalue weighted by molar-refractivity contribution is -0.132. The summed E-state index contributed by atoms with van der Waals surface area (Å²) in [6.07, 6.45) is 5.29. The van der Waals surface area contributed by atoms with E-state index in [0.717, 1.165) is 11.1 Å². The molecule has 1 aliphatic heterocycles. The van der Waals surface area contributed by atoms with Crippen LogP contribution in [0.3, 0.4) is 0 Å². The third-order valence-electron chi connectivity index (χ3n) is 3.26. The number of hydrogen-bond acceptors (Lipinski definition) is 3. The van der Waals surface area contributed by atoms with Gasteiger partial charge in [-0.15, -0.1) is 0 Å². The van der Waals surface area contributed by atoms with Crippen LogP contribution in [-0.4, -0.2) is 35.8 Å². The molecule has 1 aromatic carbocycles. The van der Waals surface area contributed by atoms with E-state index in [1.807, 2.05) is 36.4 Å². The number of benzene rings is 1. The maximum absolute atomic E-state index is 12.3. The third-order valence-corrected chi connectivity index (χ3v) is 3.26. The second kappa shape index (κ2) is 6.37. The lowest BCUT2D eigenvalue weighted by Gasteiger charge is -2.19. The van der Waals surface area contributed by atoms with Crippen LogP contribution >= 0.6 is 0 Å². The van der Waals surface area contributed by atoms with Crippen molar-refractivity contribution in [3.05, 3.63) is 54.2 Å². The lowest BCUT2D eigenvalue weighted by Crippen LogP contribution is -2.49. The zero-order valence-corrected chi connectivity index (χ0v) is 12.1. The topological polar surface area (TPSA) is 75.4 Å². The number of carbonyl (C=O) groups is 2. The first-order chi connectivity index (χ1) is 9.99. The van der Waals surface area contributed by atoms with Crippen molar-refractivity contribution in [3.63, 3.8) is 0 Å². The van der Waals surface area contributed by atoms with Gasteiger partial charge in [0.15, 0.2) is 0 Å². The first-order valence-electron chi connectivity index (χ1n) is 6.77. The van der Waals surface area contributed by atoms with Crippen molar-refractivity contribution in [2.75, 3.05) is 7.05 Å². The van der Waals surface area contributed by atoms with Crippen LogP contribution in [0.25, 0.3) is 5.57 Å². The van der Waals surface area contributed by atoms with Crippen molar-refractivity contribution >= 4 is 17.4 Å². The summed E-state index contributed by atoms with van der Waals surface area (Å²) in [5.74, 6) is -0.557. The van der Waals surface area contributed by atoms with Crippen LogP contribution in [0, 0.1) is 0 Å². The van der Waals surface area contributed by atoms with Gasteiger partial charge in [-0.3, -0.25) is 9.59 Å².